The summed E-state index contributed by atoms with van der Waals surface area (Å²) in [5.74, 6) is 0. The molecule has 0 aliphatic rings. The van der Waals surface area contributed by atoms with Crippen molar-refractivity contribution in [3.05, 3.63) is 35.5 Å². The van der Waals surface area contributed by atoms with E-state index in [4.69, 9.17) is 0 Å². The van der Waals surface area contributed by atoms with Gasteiger partial charge in [0, 0.05) is 18.5 Å². The van der Waals surface area contributed by atoms with Gasteiger partial charge in [0.2, 0.25) is 0 Å². The Hall–Kier alpha value is -1.68. The van der Waals surface area contributed by atoms with Gasteiger partial charge in [-0.3, -0.25) is 0 Å². The summed E-state index contributed by atoms with van der Waals surface area (Å²) < 4.78 is 0. The van der Waals surface area contributed by atoms with Crippen molar-refractivity contribution in [1.82, 2.24) is 20.3 Å². The standard InChI is InChI=1S/C25H42N4/c1-4-6-8-10-12-19-29(20-13-11-9-7-5-2)21-18-24-25(27-28-26-24)23-16-14-22(3)15-17-23/h14-17H,4-13,18-21H2,1-3H3,(H,26,27,28). The summed E-state index contributed by atoms with van der Waals surface area (Å²) in [5.41, 5.74) is 4.54. The zero-order chi connectivity index (χ0) is 20.7. The molecule has 0 spiro atoms. The van der Waals surface area contributed by atoms with Crippen LogP contribution in [0.4, 0.5) is 0 Å². The van der Waals surface area contributed by atoms with Crippen LogP contribution < -0.4 is 0 Å². The molecule has 0 bridgehead atoms. The summed E-state index contributed by atoms with van der Waals surface area (Å²) in [6, 6.07) is 8.59. The van der Waals surface area contributed by atoms with Crippen molar-refractivity contribution in [1.29, 1.82) is 0 Å². The predicted molar refractivity (Wildman–Crippen MR) is 124 cm³/mol. The molecular formula is C25H42N4. The van der Waals surface area contributed by atoms with Crippen molar-refractivity contribution in [2.45, 2.75) is 91.4 Å². The van der Waals surface area contributed by atoms with Crippen molar-refractivity contribution >= 4 is 0 Å². The molecule has 0 fully saturated rings. The van der Waals surface area contributed by atoms with Crippen molar-refractivity contribution < 1.29 is 0 Å². The van der Waals surface area contributed by atoms with Crippen molar-refractivity contribution in [3.63, 3.8) is 0 Å². The third-order valence-corrected chi connectivity index (χ3v) is 5.77. The molecule has 0 atom stereocenters. The molecule has 29 heavy (non-hydrogen) atoms. The predicted octanol–water partition coefficient (Wildman–Crippen LogP) is 6.57. The lowest BCUT2D eigenvalue weighted by atomic mass is 10.1. The minimum atomic E-state index is 0.962. The fourth-order valence-electron chi connectivity index (χ4n) is 3.85. The van der Waals surface area contributed by atoms with E-state index in [1.165, 1.54) is 82.9 Å². The van der Waals surface area contributed by atoms with Crippen molar-refractivity contribution in [3.8, 4) is 11.3 Å². The van der Waals surface area contributed by atoms with Gasteiger partial charge < -0.3 is 4.90 Å². The third kappa shape index (κ3) is 9.12. The van der Waals surface area contributed by atoms with Crippen LogP contribution in [0.3, 0.4) is 0 Å². The van der Waals surface area contributed by atoms with E-state index in [1.54, 1.807) is 0 Å². The number of nitrogens with zero attached hydrogens (tertiary/aromatic N) is 3. The van der Waals surface area contributed by atoms with E-state index in [0.717, 1.165) is 29.9 Å². The minimum Gasteiger partial charge on any atom is -0.303 e. The Kier molecular flexibility index (Phi) is 11.7. The van der Waals surface area contributed by atoms with E-state index in [-0.39, 0.29) is 0 Å². The van der Waals surface area contributed by atoms with Gasteiger partial charge in [-0.25, -0.2) is 0 Å². The average molecular weight is 399 g/mol. The lowest BCUT2D eigenvalue weighted by Gasteiger charge is -2.22. The topological polar surface area (TPSA) is 44.8 Å². The molecule has 0 radical (unpaired) electrons. The maximum Gasteiger partial charge on any atom is 0.116 e. The molecule has 1 aromatic heterocycles. The molecule has 0 unspecified atom stereocenters. The van der Waals surface area contributed by atoms with Crippen LogP contribution in [0.1, 0.15) is 89.3 Å². The zero-order valence-electron chi connectivity index (χ0n) is 19.1. The van der Waals surface area contributed by atoms with E-state index in [9.17, 15) is 0 Å². The number of hydrogen-bond donors (Lipinski definition) is 1. The molecule has 4 nitrogen and oxygen atoms in total. The quantitative estimate of drug-likeness (QED) is 0.325. The summed E-state index contributed by atoms with van der Waals surface area (Å²) in [6.07, 6.45) is 14.4. The van der Waals surface area contributed by atoms with Gasteiger partial charge in [-0.2, -0.15) is 15.4 Å². The first kappa shape index (κ1) is 23.6. The van der Waals surface area contributed by atoms with E-state index < -0.39 is 0 Å². The molecule has 162 valence electrons. The Morgan fingerprint density at radius 2 is 1.31 bits per heavy atom. The lowest BCUT2D eigenvalue weighted by molar-refractivity contribution is 0.262. The molecule has 0 saturated heterocycles. The highest BCUT2D eigenvalue weighted by molar-refractivity contribution is 5.61. The van der Waals surface area contributed by atoms with Crippen molar-refractivity contribution in [2.24, 2.45) is 0 Å². The highest BCUT2D eigenvalue weighted by Crippen LogP contribution is 2.20. The summed E-state index contributed by atoms with van der Waals surface area (Å²) in [6.45, 7) is 10.2. The number of H-pyrrole nitrogens is 1. The van der Waals surface area contributed by atoms with Gasteiger partial charge in [-0.05, 0) is 32.9 Å². The lowest BCUT2D eigenvalue weighted by Crippen LogP contribution is -2.28. The van der Waals surface area contributed by atoms with Crippen LogP contribution >= 0.6 is 0 Å². The maximum absolute atomic E-state index is 4.47. The second kappa shape index (κ2) is 14.3. The van der Waals surface area contributed by atoms with Crippen LogP contribution in [0.5, 0.6) is 0 Å². The average Bonchev–Trinajstić information content (AvgIpc) is 3.20. The molecule has 0 aliphatic carbocycles. The largest absolute Gasteiger partial charge is 0.303 e. The van der Waals surface area contributed by atoms with Crippen LogP contribution in [0, 0.1) is 6.92 Å². The van der Waals surface area contributed by atoms with E-state index >= 15 is 0 Å². The minimum absolute atomic E-state index is 0.962. The number of hydrogen-bond acceptors (Lipinski definition) is 3. The van der Waals surface area contributed by atoms with Crippen LogP contribution in [0.25, 0.3) is 11.3 Å². The highest BCUT2D eigenvalue weighted by atomic mass is 15.3. The normalized spacial score (nSPS) is 11.4. The first-order chi connectivity index (χ1) is 14.2. The van der Waals surface area contributed by atoms with Crippen LogP contribution in [-0.4, -0.2) is 39.9 Å². The van der Waals surface area contributed by atoms with Crippen LogP contribution in [0.15, 0.2) is 24.3 Å². The summed E-state index contributed by atoms with van der Waals surface area (Å²) in [7, 11) is 0. The molecule has 1 N–H and O–H groups in total. The van der Waals surface area contributed by atoms with Gasteiger partial charge in [0.05, 0.1) is 5.69 Å². The summed E-state index contributed by atoms with van der Waals surface area (Å²) >= 11 is 0. The third-order valence-electron chi connectivity index (χ3n) is 5.77. The Balaban J connectivity index is 1.86. The number of rotatable bonds is 16. The van der Waals surface area contributed by atoms with Gasteiger partial charge in [0.1, 0.15) is 5.69 Å². The number of unbranched alkanes of at least 4 members (excludes halogenated alkanes) is 8. The van der Waals surface area contributed by atoms with E-state index in [2.05, 4.69) is 65.3 Å². The maximum atomic E-state index is 4.47. The summed E-state index contributed by atoms with van der Waals surface area (Å²) in [4.78, 5) is 2.66. The molecule has 0 amide bonds. The van der Waals surface area contributed by atoms with Gasteiger partial charge in [0.25, 0.3) is 0 Å². The van der Waals surface area contributed by atoms with E-state index in [0.29, 0.717) is 0 Å². The molecule has 2 aromatic rings. The highest BCUT2D eigenvalue weighted by Gasteiger charge is 2.12. The molecular weight excluding hydrogens is 356 g/mol. The number of nitrogens with one attached hydrogen (secondary N) is 1. The molecule has 0 aliphatic heterocycles. The molecule has 2 rings (SSSR count). The van der Waals surface area contributed by atoms with Crippen molar-refractivity contribution in [2.75, 3.05) is 19.6 Å². The van der Waals surface area contributed by atoms with E-state index in [1.807, 2.05) is 0 Å². The fourth-order valence-corrected chi connectivity index (χ4v) is 3.85. The fraction of sp³-hybridized carbons (Fsp3) is 0.680. The van der Waals surface area contributed by atoms with Gasteiger partial charge in [0.15, 0.2) is 0 Å². The van der Waals surface area contributed by atoms with Gasteiger partial charge in [-0.1, -0.05) is 95.0 Å². The smallest absolute Gasteiger partial charge is 0.116 e. The van der Waals surface area contributed by atoms with Gasteiger partial charge in [-0.15, -0.1) is 0 Å². The number of aromatic nitrogens is 3. The molecule has 4 heteroatoms. The first-order valence-corrected chi connectivity index (χ1v) is 11.9. The van der Waals surface area contributed by atoms with Gasteiger partial charge >= 0.3 is 0 Å². The number of aromatic amines is 1. The van der Waals surface area contributed by atoms with Crippen LogP contribution in [0.2, 0.25) is 0 Å². The number of aryl methyl sites for hydroxylation is 1. The Bertz CT molecular complexity index is 633. The second-order valence-electron chi connectivity index (χ2n) is 8.41. The van der Waals surface area contributed by atoms with Crippen LogP contribution in [-0.2, 0) is 6.42 Å². The monoisotopic (exact) mass is 398 g/mol. The molecule has 1 heterocycles. The summed E-state index contributed by atoms with van der Waals surface area (Å²) in [5, 5.41) is 11.7. The second-order valence-corrected chi connectivity index (χ2v) is 8.41. The Morgan fingerprint density at radius 1 is 0.724 bits per heavy atom. The molecule has 0 saturated carbocycles. The molecule has 1 aromatic carbocycles. The number of benzene rings is 1. The SMILES string of the molecule is CCCCCCCN(CCCCCCC)CCc1n[nH]nc1-c1ccc(C)cc1. The zero-order valence-corrected chi connectivity index (χ0v) is 19.1. The first-order valence-electron chi connectivity index (χ1n) is 11.9. The Labute approximate surface area is 178 Å². The Morgan fingerprint density at radius 3 is 1.90 bits per heavy atom.